The molecule has 2 aromatic carbocycles. The molecular formula is C19H17Cl2N5O2S2. The molecule has 0 aliphatic carbocycles. The van der Waals surface area contributed by atoms with Crippen LogP contribution in [0.2, 0.25) is 10.0 Å². The number of anilines is 3. The van der Waals surface area contributed by atoms with Gasteiger partial charge in [-0.2, -0.15) is 0 Å². The van der Waals surface area contributed by atoms with Crippen LogP contribution in [0.5, 0.6) is 0 Å². The molecule has 0 saturated heterocycles. The zero-order valence-electron chi connectivity index (χ0n) is 15.9. The minimum atomic E-state index is -3.79. The Balaban J connectivity index is 1.67. The molecule has 0 aliphatic rings. The van der Waals surface area contributed by atoms with Gasteiger partial charge in [0.1, 0.15) is 11.6 Å². The number of rotatable bonds is 5. The SMILES string of the molecule is Cc1cc(NS(=O)(=O)c2ccc(NC(=S)Nc3ccc(Cl)c(Cl)c3)cc2)nc(C)n1. The highest BCUT2D eigenvalue weighted by Gasteiger charge is 2.15. The molecule has 0 unspecified atom stereocenters. The summed E-state index contributed by atoms with van der Waals surface area (Å²) in [4.78, 5) is 8.31. The Morgan fingerprint density at radius 1 is 0.900 bits per heavy atom. The molecule has 0 atom stereocenters. The molecule has 156 valence electrons. The number of hydrogen-bond donors (Lipinski definition) is 3. The van der Waals surface area contributed by atoms with Crippen molar-refractivity contribution in [3.05, 3.63) is 70.1 Å². The molecule has 3 aromatic rings. The van der Waals surface area contributed by atoms with Gasteiger partial charge in [0, 0.05) is 23.1 Å². The topological polar surface area (TPSA) is 96.0 Å². The fourth-order valence-corrected chi connectivity index (χ4v) is 4.08. The summed E-state index contributed by atoms with van der Waals surface area (Å²) in [5, 5.41) is 7.12. The first kappa shape index (κ1) is 22.2. The van der Waals surface area contributed by atoms with E-state index in [9.17, 15) is 8.42 Å². The predicted octanol–water partition coefficient (Wildman–Crippen LogP) is 5.01. The lowest BCUT2D eigenvalue weighted by Gasteiger charge is -2.12. The zero-order chi connectivity index (χ0) is 21.9. The Hall–Kier alpha value is -2.46. The van der Waals surface area contributed by atoms with E-state index in [0.717, 1.165) is 0 Å². The number of sulfonamides is 1. The van der Waals surface area contributed by atoms with E-state index in [1.807, 2.05) is 0 Å². The van der Waals surface area contributed by atoms with Crippen molar-refractivity contribution >= 4 is 67.7 Å². The van der Waals surface area contributed by atoms with E-state index < -0.39 is 10.0 Å². The average molecular weight is 482 g/mol. The lowest BCUT2D eigenvalue weighted by Crippen LogP contribution is -2.19. The van der Waals surface area contributed by atoms with Crippen molar-refractivity contribution in [3.63, 3.8) is 0 Å². The van der Waals surface area contributed by atoms with Gasteiger partial charge >= 0.3 is 0 Å². The summed E-state index contributed by atoms with van der Waals surface area (Å²) < 4.78 is 27.7. The fourth-order valence-electron chi connectivity index (χ4n) is 2.55. The van der Waals surface area contributed by atoms with Gasteiger partial charge in [0.25, 0.3) is 10.0 Å². The fraction of sp³-hybridized carbons (Fsp3) is 0.105. The van der Waals surface area contributed by atoms with Crippen molar-refractivity contribution < 1.29 is 8.42 Å². The minimum absolute atomic E-state index is 0.0883. The van der Waals surface area contributed by atoms with Crippen molar-refractivity contribution in [2.45, 2.75) is 18.7 Å². The summed E-state index contributed by atoms with van der Waals surface area (Å²) in [5.74, 6) is 0.699. The summed E-state index contributed by atoms with van der Waals surface area (Å²) >= 11 is 17.2. The second-order valence-electron chi connectivity index (χ2n) is 6.28. The third-order valence-electron chi connectivity index (χ3n) is 3.80. The molecule has 30 heavy (non-hydrogen) atoms. The van der Waals surface area contributed by atoms with Crippen molar-refractivity contribution in [1.82, 2.24) is 9.97 Å². The number of nitrogens with zero attached hydrogens (tertiary/aromatic N) is 2. The Morgan fingerprint density at radius 2 is 1.53 bits per heavy atom. The molecule has 1 heterocycles. The van der Waals surface area contributed by atoms with Crippen molar-refractivity contribution in [2.75, 3.05) is 15.4 Å². The Morgan fingerprint density at radius 3 is 2.17 bits per heavy atom. The molecule has 0 saturated carbocycles. The molecule has 7 nitrogen and oxygen atoms in total. The molecule has 0 spiro atoms. The van der Waals surface area contributed by atoms with Crippen LogP contribution in [-0.4, -0.2) is 23.5 Å². The normalized spacial score (nSPS) is 11.1. The smallest absolute Gasteiger partial charge is 0.263 e. The van der Waals surface area contributed by atoms with E-state index in [-0.39, 0.29) is 10.7 Å². The van der Waals surface area contributed by atoms with Crippen LogP contribution in [0, 0.1) is 13.8 Å². The van der Waals surface area contributed by atoms with Gasteiger partial charge in [-0.25, -0.2) is 18.4 Å². The van der Waals surface area contributed by atoms with E-state index in [4.69, 9.17) is 35.4 Å². The van der Waals surface area contributed by atoms with Crippen LogP contribution in [0.3, 0.4) is 0 Å². The number of thiocarbonyl (C=S) groups is 1. The highest BCUT2D eigenvalue weighted by atomic mass is 35.5. The zero-order valence-corrected chi connectivity index (χ0v) is 19.0. The van der Waals surface area contributed by atoms with Crippen LogP contribution < -0.4 is 15.4 Å². The Labute approximate surface area is 189 Å². The second kappa shape index (κ2) is 9.13. The second-order valence-corrected chi connectivity index (χ2v) is 9.18. The third kappa shape index (κ3) is 5.79. The van der Waals surface area contributed by atoms with E-state index in [2.05, 4.69) is 25.3 Å². The number of hydrogen-bond acceptors (Lipinski definition) is 5. The van der Waals surface area contributed by atoms with Crippen LogP contribution >= 0.6 is 35.4 Å². The third-order valence-corrected chi connectivity index (χ3v) is 6.12. The summed E-state index contributed by atoms with van der Waals surface area (Å²) in [7, 11) is -3.79. The lowest BCUT2D eigenvalue weighted by atomic mass is 10.3. The van der Waals surface area contributed by atoms with Crippen LogP contribution in [-0.2, 0) is 10.0 Å². The summed E-state index contributed by atoms with van der Waals surface area (Å²) in [6.45, 7) is 3.46. The molecule has 3 N–H and O–H groups in total. The number of aryl methyl sites for hydroxylation is 2. The van der Waals surface area contributed by atoms with Gasteiger partial charge < -0.3 is 10.6 Å². The van der Waals surface area contributed by atoms with Crippen LogP contribution in [0.1, 0.15) is 11.5 Å². The molecular weight excluding hydrogens is 465 g/mol. The molecule has 0 radical (unpaired) electrons. The van der Waals surface area contributed by atoms with E-state index in [0.29, 0.717) is 38.1 Å². The van der Waals surface area contributed by atoms with Crippen LogP contribution in [0.4, 0.5) is 17.2 Å². The number of nitrogens with one attached hydrogen (secondary N) is 3. The van der Waals surface area contributed by atoms with Gasteiger partial charge in [-0.05, 0) is 68.5 Å². The molecule has 0 bridgehead atoms. The summed E-state index contributed by atoms with van der Waals surface area (Å²) in [6, 6.07) is 12.7. The maximum absolute atomic E-state index is 12.6. The standard InChI is InChI=1S/C19H17Cl2N5O2S2/c1-11-9-18(23-12(2)22-11)26-30(27,28)15-6-3-13(4-7-15)24-19(29)25-14-5-8-16(20)17(21)10-14/h3-10H,1-2H3,(H,22,23,26)(H2,24,25,29). The van der Waals surface area contributed by atoms with Crippen LogP contribution in [0.15, 0.2) is 53.4 Å². The molecule has 3 rings (SSSR count). The highest BCUT2D eigenvalue weighted by Crippen LogP contribution is 2.25. The highest BCUT2D eigenvalue weighted by molar-refractivity contribution is 7.92. The molecule has 0 fully saturated rings. The van der Waals surface area contributed by atoms with Gasteiger partial charge in [0.15, 0.2) is 5.11 Å². The largest absolute Gasteiger partial charge is 0.332 e. The number of halogens is 2. The summed E-state index contributed by atoms with van der Waals surface area (Å²) in [5.41, 5.74) is 1.95. The first-order valence-corrected chi connectivity index (χ1v) is 11.3. The molecule has 0 aliphatic heterocycles. The minimum Gasteiger partial charge on any atom is -0.332 e. The van der Waals surface area contributed by atoms with Gasteiger partial charge in [0.05, 0.1) is 14.9 Å². The Kier molecular flexibility index (Phi) is 6.77. The van der Waals surface area contributed by atoms with Crippen molar-refractivity contribution in [1.29, 1.82) is 0 Å². The van der Waals surface area contributed by atoms with E-state index >= 15 is 0 Å². The average Bonchev–Trinajstić information content (AvgIpc) is 2.64. The maximum atomic E-state index is 12.6. The summed E-state index contributed by atoms with van der Waals surface area (Å²) in [6.07, 6.45) is 0. The monoisotopic (exact) mass is 481 g/mol. The van der Waals surface area contributed by atoms with E-state index in [1.165, 1.54) is 12.1 Å². The maximum Gasteiger partial charge on any atom is 0.263 e. The van der Waals surface area contributed by atoms with Gasteiger partial charge in [-0.1, -0.05) is 23.2 Å². The van der Waals surface area contributed by atoms with Crippen molar-refractivity contribution in [2.24, 2.45) is 0 Å². The Bertz CT molecular complexity index is 1180. The number of aromatic nitrogens is 2. The van der Waals surface area contributed by atoms with Gasteiger partial charge in [-0.15, -0.1) is 0 Å². The predicted molar refractivity (Wildman–Crippen MR) is 125 cm³/mol. The lowest BCUT2D eigenvalue weighted by molar-refractivity contribution is 0.601. The number of benzene rings is 2. The molecule has 0 amide bonds. The van der Waals surface area contributed by atoms with Crippen molar-refractivity contribution in [3.8, 4) is 0 Å². The van der Waals surface area contributed by atoms with Gasteiger partial charge in [-0.3, -0.25) is 4.72 Å². The van der Waals surface area contributed by atoms with E-state index in [1.54, 1.807) is 50.2 Å². The first-order chi connectivity index (χ1) is 14.1. The van der Waals surface area contributed by atoms with Gasteiger partial charge in [0.2, 0.25) is 0 Å². The molecule has 1 aromatic heterocycles. The quantitative estimate of drug-likeness (QED) is 0.440. The first-order valence-electron chi connectivity index (χ1n) is 8.60. The van der Waals surface area contributed by atoms with Crippen LogP contribution in [0.25, 0.3) is 0 Å². The molecule has 11 heteroatoms.